The number of hydrogen-bond acceptors (Lipinski definition) is 4. The topological polar surface area (TPSA) is 56.5 Å². The van der Waals surface area contributed by atoms with Gasteiger partial charge in [-0.3, -0.25) is 9.59 Å². The van der Waals surface area contributed by atoms with Crippen molar-refractivity contribution in [3.63, 3.8) is 0 Å². The molecule has 2 aromatic rings. The van der Waals surface area contributed by atoms with Crippen LogP contribution in [0.1, 0.15) is 10.4 Å². The second kappa shape index (κ2) is 4.43. The Bertz CT molecular complexity index is 662. The highest BCUT2D eigenvalue weighted by molar-refractivity contribution is 7.97. The van der Waals surface area contributed by atoms with Gasteiger partial charge in [0.1, 0.15) is 11.8 Å². The molecule has 88 valence electrons. The van der Waals surface area contributed by atoms with Crippen LogP contribution in [-0.2, 0) is 0 Å². The van der Waals surface area contributed by atoms with Gasteiger partial charge in [-0.25, -0.2) is 0 Å². The zero-order valence-corrected chi connectivity index (χ0v) is 10.3. The van der Waals surface area contributed by atoms with E-state index in [0.717, 1.165) is 6.26 Å². The minimum absolute atomic E-state index is 0.117. The molecule has 0 aliphatic heterocycles. The lowest BCUT2D eigenvalue weighted by Crippen LogP contribution is -2.11. The van der Waals surface area contributed by atoms with Crippen molar-refractivity contribution < 1.29 is 13.9 Å². The van der Waals surface area contributed by atoms with E-state index in [0.29, 0.717) is 5.75 Å². The van der Waals surface area contributed by atoms with Gasteiger partial charge in [-0.2, -0.15) is 0 Å². The van der Waals surface area contributed by atoms with E-state index in [1.54, 1.807) is 6.07 Å². The summed E-state index contributed by atoms with van der Waals surface area (Å²) in [6.07, 6.45) is 1.05. The van der Waals surface area contributed by atoms with Gasteiger partial charge in [0.15, 0.2) is 11.3 Å². The van der Waals surface area contributed by atoms with Crippen LogP contribution in [0.25, 0.3) is 11.0 Å². The highest BCUT2D eigenvalue weighted by Gasteiger charge is 2.16. The summed E-state index contributed by atoms with van der Waals surface area (Å²) in [7, 11) is 1.44. The number of benzene rings is 1. The zero-order chi connectivity index (χ0) is 12.6. The van der Waals surface area contributed by atoms with Crippen molar-refractivity contribution in [2.75, 3.05) is 7.11 Å². The first-order valence-corrected chi connectivity index (χ1v) is 5.40. The molecule has 0 N–H and O–H groups in total. The normalized spacial score (nSPS) is 10.5. The number of ether oxygens (including phenoxy) is 1. The molecular weight excluding hydrogens is 264 g/mol. The molecule has 0 fully saturated rings. The predicted octanol–water partition coefficient (Wildman–Crippen LogP) is 2.53. The molecule has 0 amide bonds. The van der Waals surface area contributed by atoms with E-state index in [1.807, 2.05) is 0 Å². The maximum atomic E-state index is 12.0. The van der Waals surface area contributed by atoms with Gasteiger partial charge < -0.3 is 9.15 Å². The summed E-state index contributed by atoms with van der Waals surface area (Å²) in [6, 6.07) is 3.09. The van der Waals surface area contributed by atoms with E-state index in [4.69, 9.17) is 20.8 Å². The summed E-state index contributed by atoms with van der Waals surface area (Å²) in [5.74, 6) is 0.375. The summed E-state index contributed by atoms with van der Waals surface area (Å²) in [5.41, 5.74) is -0.463. The van der Waals surface area contributed by atoms with Crippen LogP contribution in [0.2, 0.25) is 5.02 Å². The molecule has 2 rings (SSSR count). The SMILES string of the molecule is COc1ccc(Cl)c2c(=O)c(C(=O)S)coc12. The fourth-order valence-electron chi connectivity index (χ4n) is 1.48. The Morgan fingerprint density at radius 3 is 2.76 bits per heavy atom. The highest BCUT2D eigenvalue weighted by atomic mass is 35.5. The largest absolute Gasteiger partial charge is 0.493 e. The third-order valence-corrected chi connectivity index (χ3v) is 2.84. The summed E-state index contributed by atoms with van der Waals surface area (Å²) >= 11 is 9.51. The lowest BCUT2D eigenvalue weighted by atomic mass is 10.1. The smallest absolute Gasteiger partial charge is 0.223 e. The second-order valence-electron chi connectivity index (χ2n) is 3.24. The van der Waals surface area contributed by atoms with Gasteiger partial charge in [0.05, 0.1) is 17.5 Å². The molecular formula is C11H7ClO4S. The third kappa shape index (κ3) is 1.92. The van der Waals surface area contributed by atoms with E-state index in [2.05, 4.69) is 12.6 Å². The second-order valence-corrected chi connectivity index (χ2v) is 4.05. The maximum absolute atomic E-state index is 12.0. The summed E-state index contributed by atoms with van der Waals surface area (Å²) in [4.78, 5) is 23.1. The molecule has 0 atom stereocenters. The lowest BCUT2D eigenvalue weighted by Gasteiger charge is -2.05. The van der Waals surface area contributed by atoms with E-state index >= 15 is 0 Å². The fraction of sp³-hybridized carbons (Fsp3) is 0.0909. The molecule has 0 radical (unpaired) electrons. The monoisotopic (exact) mass is 270 g/mol. The Balaban J connectivity index is 2.95. The third-order valence-electron chi connectivity index (χ3n) is 2.29. The molecule has 0 saturated heterocycles. The molecule has 0 unspecified atom stereocenters. The molecule has 1 heterocycles. The van der Waals surface area contributed by atoms with Gasteiger partial charge in [-0.05, 0) is 12.1 Å². The molecule has 17 heavy (non-hydrogen) atoms. The zero-order valence-electron chi connectivity index (χ0n) is 8.69. The summed E-state index contributed by atoms with van der Waals surface area (Å²) in [5, 5.41) is -0.351. The van der Waals surface area contributed by atoms with E-state index in [-0.39, 0.29) is 21.6 Å². The summed E-state index contributed by atoms with van der Waals surface area (Å²) < 4.78 is 10.3. The van der Waals surface area contributed by atoms with Crippen LogP contribution in [0.5, 0.6) is 5.75 Å². The van der Waals surface area contributed by atoms with Gasteiger partial charge >= 0.3 is 0 Å². The molecule has 4 nitrogen and oxygen atoms in total. The van der Waals surface area contributed by atoms with Crippen LogP contribution in [0.15, 0.2) is 27.6 Å². The molecule has 0 bridgehead atoms. The van der Waals surface area contributed by atoms with Crippen LogP contribution < -0.4 is 10.2 Å². The average molecular weight is 271 g/mol. The van der Waals surface area contributed by atoms with Crippen molar-refractivity contribution in [2.24, 2.45) is 0 Å². The van der Waals surface area contributed by atoms with Crippen LogP contribution >= 0.6 is 24.2 Å². The van der Waals surface area contributed by atoms with Crippen molar-refractivity contribution in [2.45, 2.75) is 0 Å². The van der Waals surface area contributed by atoms with Crippen molar-refractivity contribution in [1.82, 2.24) is 0 Å². The predicted molar refractivity (Wildman–Crippen MR) is 67.4 cm³/mol. The molecule has 0 spiro atoms. The standard InChI is InChI=1S/C11H7ClO4S/c1-15-7-3-2-6(12)8-9(13)5(11(14)17)4-16-10(7)8/h2-4H,1H3,(H,14,17). The molecule has 0 aliphatic carbocycles. The van der Waals surface area contributed by atoms with Crippen molar-refractivity contribution in [3.05, 3.63) is 39.2 Å². The van der Waals surface area contributed by atoms with Gasteiger partial charge in [0.2, 0.25) is 10.5 Å². The Morgan fingerprint density at radius 1 is 1.47 bits per heavy atom. The molecule has 0 aliphatic rings. The number of halogens is 1. The van der Waals surface area contributed by atoms with Gasteiger partial charge in [-0.15, -0.1) is 12.6 Å². The van der Waals surface area contributed by atoms with Crippen LogP contribution in [0.4, 0.5) is 0 Å². The first-order valence-electron chi connectivity index (χ1n) is 4.57. The van der Waals surface area contributed by atoms with E-state index < -0.39 is 10.5 Å². The summed E-state index contributed by atoms with van der Waals surface area (Å²) in [6.45, 7) is 0. The number of thiol groups is 1. The number of hydrogen-bond donors (Lipinski definition) is 1. The Morgan fingerprint density at radius 2 is 2.18 bits per heavy atom. The van der Waals surface area contributed by atoms with Gasteiger partial charge in [0, 0.05) is 0 Å². The molecule has 1 aromatic heterocycles. The van der Waals surface area contributed by atoms with Crippen LogP contribution in [0.3, 0.4) is 0 Å². The highest BCUT2D eigenvalue weighted by Crippen LogP contribution is 2.29. The quantitative estimate of drug-likeness (QED) is 0.852. The number of methoxy groups -OCH3 is 1. The van der Waals surface area contributed by atoms with E-state index in [1.165, 1.54) is 13.2 Å². The average Bonchev–Trinajstić information content (AvgIpc) is 2.29. The minimum atomic E-state index is -0.667. The maximum Gasteiger partial charge on any atom is 0.223 e. The number of fused-ring (bicyclic) bond motifs is 1. The molecule has 0 saturated carbocycles. The van der Waals surface area contributed by atoms with Crippen molar-refractivity contribution in [1.29, 1.82) is 0 Å². The number of carbonyl (C=O) groups excluding carboxylic acids is 1. The minimum Gasteiger partial charge on any atom is -0.493 e. The van der Waals surface area contributed by atoms with Crippen molar-refractivity contribution >= 4 is 40.3 Å². The fourth-order valence-corrected chi connectivity index (χ4v) is 1.87. The first-order chi connectivity index (χ1) is 8.06. The first kappa shape index (κ1) is 12.0. The Labute approximate surface area is 107 Å². The van der Waals surface area contributed by atoms with Crippen molar-refractivity contribution in [3.8, 4) is 5.75 Å². The van der Waals surface area contributed by atoms with Gasteiger partial charge in [0.25, 0.3) is 0 Å². The molecule has 6 heteroatoms. The Kier molecular flexibility index (Phi) is 3.13. The van der Waals surface area contributed by atoms with Crippen LogP contribution in [-0.4, -0.2) is 12.2 Å². The number of carbonyl (C=O) groups is 1. The number of rotatable bonds is 2. The molecule has 1 aromatic carbocycles. The lowest BCUT2D eigenvalue weighted by molar-refractivity contribution is 0.108. The van der Waals surface area contributed by atoms with Crippen LogP contribution in [0, 0.1) is 0 Å². The van der Waals surface area contributed by atoms with Gasteiger partial charge in [-0.1, -0.05) is 11.6 Å². The Hall–Kier alpha value is -1.46. The van der Waals surface area contributed by atoms with E-state index in [9.17, 15) is 9.59 Å².